The van der Waals surface area contributed by atoms with Gasteiger partial charge >= 0.3 is 5.69 Å². The van der Waals surface area contributed by atoms with Crippen molar-refractivity contribution in [2.75, 3.05) is 0 Å². The van der Waals surface area contributed by atoms with Crippen LogP contribution < -0.4 is 11.2 Å². The maximum atomic E-state index is 10.7. The standard InChI is InChI=1S/C6H7N2O2/c1-4-3-8(2)6(10)7-5(4)9/h1-2H3,(H,7,9,10). The molecule has 4 heteroatoms. The molecule has 1 aromatic heterocycles. The molecule has 4 nitrogen and oxygen atoms in total. The summed E-state index contributed by atoms with van der Waals surface area (Å²) in [5.41, 5.74) is -0.388. The molecule has 0 aliphatic heterocycles. The van der Waals surface area contributed by atoms with Gasteiger partial charge in [-0.05, 0) is 6.92 Å². The summed E-state index contributed by atoms with van der Waals surface area (Å²) in [4.78, 5) is 23.5. The summed E-state index contributed by atoms with van der Waals surface area (Å²) in [6.07, 6.45) is 2.57. The van der Waals surface area contributed by atoms with Crippen LogP contribution in [0.2, 0.25) is 0 Å². The molecule has 10 heavy (non-hydrogen) atoms. The zero-order chi connectivity index (χ0) is 7.72. The second kappa shape index (κ2) is 2.13. The highest BCUT2D eigenvalue weighted by molar-refractivity contribution is 4.98. The Morgan fingerprint density at radius 2 is 2.10 bits per heavy atom. The minimum Gasteiger partial charge on any atom is -0.295 e. The zero-order valence-electron chi connectivity index (χ0n) is 5.76. The Kier molecular flexibility index (Phi) is 1.45. The highest BCUT2D eigenvalue weighted by Crippen LogP contribution is 1.76. The molecule has 0 atom stereocenters. The quantitative estimate of drug-likeness (QED) is 0.510. The van der Waals surface area contributed by atoms with Crippen LogP contribution in [0.4, 0.5) is 0 Å². The number of nitrogens with one attached hydrogen (secondary N) is 1. The highest BCUT2D eigenvalue weighted by Gasteiger charge is 1.94. The predicted octanol–water partition coefficient (Wildman–Crippen LogP) is -0.818. The highest BCUT2D eigenvalue weighted by atomic mass is 16.2. The van der Waals surface area contributed by atoms with E-state index < -0.39 is 5.69 Å². The summed E-state index contributed by atoms with van der Waals surface area (Å²) in [6.45, 7) is 1.60. The first-order valence-corrected chi connectivity index (χ1v) is 2.80. The fraction of sp³-hybridized carbons (Fsp3) is 0.333. The molecular weight excluding hydrogens is 132 g/mol. The van der Waals surface area contributed by atoms with Gasteiger partial charge in [0.2, 0.25) is 0 Å². The zero-order valence-corrected chi connectivity index (χ0v) is 5.76. The van der Waals surface area contributed by atoms with E-state index in [1.807, 2.05) is 0 Å². The van der Waals surface area contributed by atoms with Crippen molar-refractivity contribution in [1.29, 1.82) is 0 Å². The lowest BCUT2D eigenvalue weighted by molar-refractivity contribution is 0.781. The van der Waals surface area contributed by atoms with Gasteiger partial charge < -0.3 is 0 Å². The molecule has 0 amide bonds. The van der Waals surface area contributed by atoms with E-state index in [1.165, 1.54) is 11.6 Å². The van der Waals surface area contributed by atoms with Gasteiger partial charge in [-0.15, -0.1) is 0 Å². The third-order valence-corrected chi connectivity index (χ3v) is 1.20. The molecule has 1 radical (unpaired) electrons. The summed E-state index contributed by atoms with van der Waals surface area (Å²) in [6, 6.07) is 0. The molecule has 0 aromatic carbocycles. The monoisotopic (exact) mass is 139 g/mol. The van der Waals surface area contributed by atoms with E-state index in [0.29, 0.717) is 5.56 Å². The SMILES string of the molecule is Cc1[c]n(C)c(=O)[nH]c1=O. The largest absolute Gasteiger partial charge is 0.328 e. The Balaban J connectivity index is 3.59. The van der Waals surface area contributed by atoms with Crippen LogP contribution in [0.15, 0.2) is 9.59 Å². The first kappa shape index (κ1) is 6.80. The first-order valence-electron chi connectivity index (χ1n) is 2.80. The van der Waals surface area contributed by atoms with Gasteiger partial charge in [0.05, 0.1) is 6.20 Å². The van der Waals surface area contributed by atoms with Gasteiger partial charge in [0.25, 0.3) is 5.56 Å². The van der Waals surface area contributed by atoms with E-state index in [-0.39, 0.29) is 5.56 Å². The van der Waals surface area contributed by atoms with Gasteiger partial charge in [-0.25, -0.2) is 4.79 Å². The van der Waals surface area contributed by atoms with Crippen LogP contribution in [0.1, 0.15) is 5.56 Å². The second-order valence-electron chi connectivity index (χ2n) is 2.06. The van der Waals surface area contributed by atoms with Gasteiger partial charge in [0.15, 0.2) is 0 Å². The number of aryl methyl sites for hydroxylation is 2. The van der Waals surface area contributed by atoms with Crippen molar-refractivity contribution in [3.05, 3.63) is 32.6 Å². The topological polar surface area (TPSA) is 54.9 Å². The van der Waals surface area contributed by atoms with E-state index in [2.05, 4.69) is 11.2 Å². The van der Waals surface area contributed by atoms with Crippen molar-refractivity contribution in [3.63, 3.8) is 0 Å². The number of aromatic amines is 1. The molecule has 0 saturated heterocycles. The summed E-state index contributed by atoms with van der Waals surface area (Å²) in [5, 5.41) is 0. The Morgan fingerprint density at radius 3 is 2.60 bits per heavy atom. The van der Waals surface area contributed by atoms with Gasteiger partial charge in [0, 0.05) is 12.6 Å². The lowest BCUT2D eigenvalue weighted by Gasteiger charge is -1.93. The van der Waals surface area contributed by atoms with Crippen LogP contribution in [-0.4, -0.2) is 9.55 Å². The molecule has 0 fully saturated rings. The normalized spacial score (nSPS) is 9.80. The van der Waals surface area contributed by atoms with Gasteiger partial charge in [-0.2, -0.15) is 0 Å². The van der Waals surface area contributed by atoms with Gasteiger partial charge in [-0.3, -0.25) is 14.3 Å². The summed E-state index contributed by atoms with van der Waals surface area (Å²) >= 11 is 0. The van der Waals surface area contributed by atoms with Crippen LogP contribution in [0.25, 0.3) is 0 Å². The fourth-order valence-corrected chi connectivity index (χ4v) is 0.628. The molecule has 0 spiro atoms. The second-order valence-corrected chi connectivity index (χ2v) is 2.06. The summed E-state index contributed by atoms with van der Waals surface area (Å²) < 4.78 is 1.21. The fourth-order valence-electron chi connectivity index (χ4n) is 0.628. The van der Waals surface area contributed by atoms with E-state index in [0.717, 1.165) is 0 Å². The number of aromatic nitrogens is 2. The average Bonchev–Trinajstić information content (AvgIpc) is 1.84. The van der Waals surface area contributed by atoms with Gasteiger partial charge in [0.1, 0.15) is 0 Å². The molecule has 1 rings (SSSR count). The van der Waals surface area contributed by atoms with Crippen LogP contribution in [0, 0.1) is 13.1 Å². The third kappa shape index (κ3) is 1.00. The number of hydrogen-bond donors (Lipinski definition) is 1. The van der Waals surface area contributed by atoms with Crippen LogP contribution in [0.5, 0.6) is 0 Å². The minimum atomic E-state index is -0.435. The van der Waals surface area contributed by atoms with E-state index >= 15 is 0 Å². The minimum absolute atomic E-state index is 0.372. The first-order chi connectivity index (χ1) is 4.61. The molecule has 1 N–H and O–H groups in total. The van der Waals surface area contributed by atoms with Crippen molar-refractivity contribution in [3.8, 4) is 0 Å². The number of H-pyrrole nitrogens is 1. The van der Waals surface area contributed by atoms with E-state index in [9.17, 15) is 9.59 Å². The van der Waals surface area contributed by atoms with Crippen molar-refractivity contribution in [2.45, 2.75) is 6.92 Å². The number of hydrogen-bond acceptors (Lipinski definition) is 2. The molecule has 1 heterocycles. The van der Waals surface area contributed by atoms with Crippen LogP contribution in [0.3, 0.4) is 0 Å². The van der Waals surface area contributed by atoms with E-state index in [1.54, 1.807) is 6.92 Å². The summed E-state index contributed by atoms with van der Waals surface area (Å²) in [7, 11) is 1.53. The van der Waals surface area contributed by atoms with Crippen molar-refractivity contribution in [2.24, 2.45) is 7.05 Å². The van der Waals surface area contributed by atoms with Crippen LogP contribution in [-0.2, 0) is 7.05 Å². The molecule has 0 saturated carbocycles. The van der Waals surface area contributed by atoms with Crippen molar-refractivity contribution in [1.82, 2.24) is 9.55 Å². The molecule has 53 valence electrons. The van der Waals surface area contributed by atoms with E-state index in [4.69, 9.17) is 0 Å². The predicted molar refractivity (Wildman–Crippen MR) is 35.9 cm³/mol. The molecular formula is C6H7N2O2. The molecule has 0 unspecified atom stereocenters. The third-order valence-electron chi connectivity index (χ3n) is 1.20. The Labute approximate surface area is 57.1 Å². The lowest BCUT2D eigenvalue weighted by Crippen LogP contribution is -2.29. The maximum Gasteiger partial charge on any atom is 0.328 e. The number of rotatable bonds is 0. The molecule has 0 aliphatic carbocycles. The Hall–Kier alpha value is -1.32. The van der Waals surface area contributed by atoms with Crippen molar-refractivity contribution >= 4 is 0 Å². The molecule has 1 aromatic rings. The average molecular weight is 139 g/mol. The smallest absolute Gasteiger partial charge is 0.295 e. The Bertz CT molecular complexity index is 316. The maximum absolute atomic E-state index is 10.7. The molecule has 0 bridgehead atoms. The van der Waals surface area contributed by atoms with Crippen molar-refractivity contribution < 1.29 is 0 Å². The number of nitrogens with zero attached hydrogens (tertiary/aromatic N) is 1. The van der Waals surface area contributed by atoms with Gasteiger partial charge in [-0.1, -0.05) is 0 Å². The Morgan fingerprint density at radius 1 is 1.50 bits per heavy atom. The lowest BCUT2D eigenvalue weighted by atomic mass is 10.4. The van der Waals surface area contributed by atoms with Crippen LogP contribution >= 0.6 is 0 Å². The molecule has 0 aliphatic rings. The summed E-state index contributed by atoms with van der Waals surface area (Å²) in [5.74, 6) is 0.